The van der Waals surface area contributed by atoms with Crippen LogP contribution in [-0.2, 0) is 6.61 Å². The Hall–Kier alpha value is -2.05. The van der Waals surface area contributed by atoms with Gasteiger partial charge in [0.25, 0.3) is 0 Å². The number of nitrogens with zero attached hydrogens (tertiary/aromatic N) is 2. The van der Waals surface area contributed by atoms with E-state index >= 15 is 0 Å². The summed E-state index contributed by atoms with van der Waals surface area (Å²) in [5, 5.41) is 9.80. The summed E-state index contributed by atoms with van der Waals surface area (Å²) in [7, 11) is 0. The van der Waals surface area contributed by atoms with Gasteiger partial charge in [0.05, 0.1) is 5.69 Å². The minimum Gasteiger partial charge on any atom is -0.487 e. The van der Waals surface area contributed by atoms with Crippen LogP contribution in [0.5, 0.6) is 5.75 Å². The van der Waals surface area contributed by atoms with Crippen molar-refractivity contribution < 1.29 is 4.74 Å². The van der Waals surface area contributed by atoms with Gasteiger partial charge in [-0.3, -0.25) is 4.98 Å². The summed E-state index contributed by atoms with van der Waals surface area (Å²) >= 11 is 6.07. The smallest absolute Gasteiger partial charge is 0.141 e. The summed E-state index contributed by atoms with van der Waals surface area (Å²) in [6.45, 7) is 4.00. The van der Waals surface area contributed by atoms with Crippen LogP contribution in [0.4, 0.5) is 0 Å². The first-order valence-electron chi connectivity index (χ1n) is 5.86. The lowest BCUT2D eigenvalue weighted by Crippen LogP contribution is -2.01. The molecule has 0 spiro atoms. The van der Waals surface area contributed by atoms with E-state index < -0.39 is 0 Å². The number of nitriles is 1. The zero-order valence-electron chi connectivity index (χ0n) is 10.8. The van der Waals surface area contributed by atoms with Crippen LogP contribution >= 0.6 is 11.6 Å². The van der Waals surface area contributed by atoms with E-state index in [0.29, 0.717) is 28.6 Å². The average Bonchev–Trinajstić information content (AvgIpc) is 2.37. The van der Waals surface area contributed by atoms with Gasteiger partial charge in [-0.05, 0) is 19.9 Å². The minimum atomic E-state index is 0.331. The Morgan fingerprint density at radius 2 is 2.05 bits per heavy atom. The Balaban J connectivity index is 2.25. The van der Waals surface area contributed by atoms with Gasteiger partial charge in [0.15, 0.2) is 0 Å². The van der Waals surface area contributed by atoms with E-state index in [1.807, 2.05) is 31.2 Å². The van der Waals surface area contributed by atoms with E-state index in [1.165, 1.54) is 0 Å². The number of aromatic nitrogens is 1. The lowest BCUT2D eigenvalue weighted by atomic mass is 10.2. The Morgan fingerprint density at radius 1 is 1.32 bits per heavy atom. The number of benzene rings is 1. The summed E-state index contributed by atoms with van der Waals surface area (Å²) in [4.78, 5) is 4.25. The zero-order chi connectivity index (χ0) is 13.8. The molecule has 0 saturated carbocycles. The predicted octanol–water partition coefficient (Wildman–Crippen LogP) is 3.80. The number of pyridine rings is 1. The maximum Gasteiger partial charge on any atom is 0.141 e. The van der Waals surface area contributed by atoms with Gasteiger partial charge in [0.1, 0.15) is 24.0 Å². The molecular formula is C15H13ClN2O. The highest BCUT2D eigenvalue weighted by Gasteiger charge is 2.10. The fraction of sp³-hybridized carbons (Fsp3) is 0.200. The van der Waals surface area contributed by atoms with Crippen molar-refractivity contribution in [1.29, 1.82) is 5.26 Å². The van der Waals surface area contributed by atoms with Crippen molar-refractivity contribution in [1.82, 2.24) is 4.98 Å². The van der Waals surface area contributed by atoms with Crippen molar-refractivity contribution >= 4 is 11.6 Å². The highest BCUT2D eigenvalue weighted by molar-refractivity contribution is 6.31. The average molecular weight is 273 g/mol. The van der Waals surface area contributed by atoms with Crippen LogP contribution in [0.25, 0.3) is 0 Å². The SMILES string of the molecule is Cc1cc(OCc2ccccc2Cl)c(C#N)c(C)n1. The molecule has 0 saturated heterocycles. The van der Waals surface area contributed by atoms with Crippen LogP contribution in [0, 0.1) is 25.2 Å². The molecule has 0 atom stereocenters. The first-order chi connectivity index (χ1) is 9.11. The molecule has 3 nitrogen and oxygen atoms in total. The number of ether oxygens (including phenoxy) is 1. The molecule has 0 aliphatic carbocycles. The molecule has 1 aromatic carbocycles. The number of halogens is 1. The molecule has 96 valence electrons. The molecule has 0 radical (unpaired) electrons. The quantitative estimate of drug-likeness (QED) is 0.854. The van der Waals surface area contributed by atoms with Gasteiger partial charge in [0.2, 0.25) is 0 Å². The lowest BCUT2D eigenvalue weighted by molar-refractivity contribution is 0.304. The molecule has 2 aromatic rings. The molecule has 0 aliphatic rings. The Labute approximate surface area is 117 Å². The van der Waals surface area contributed by atoms with E-state index in [1.54, 1.807) is 13.0 Å². The van der Waals surface area contributed by atoms with E-state index in [-0.39, 0.29) is 0 Å². The zero-order valence-corrected chi connectivity index (χ0v) is 11.5. The predicted molar refractivity (Wildman–Crippen MR) is 74.2 cm³/mol. The summed E-state index contributed by atoms with van der Waals surface area (Å²) in [6, 6.07) is 11.4. The number of aryl methyl sites for hydroxylation is 2. The van der Waals surface area contributed by atoms with Gasteiger partial charge in [0, 0.05) is 22.3 Å². The van der Waals surface area contributed by atoms with Crippen LogP contribution in [0.15, 0.2) is 30.3 Å². The van der Waals surface area contributed by atoms with Crippen LogP contribution in [0.2, 0.25) is 5.02 Å². The molecule has 19 heavy (non-hydrogen) atoms. The highest BCUT2D eigenvalue weighted by Crippen LogP contribution is 2.24. The van der Waals surface area contributed by atoms with Gasteiger partial charge in [-0.25, -0.2) is 0 Å². The molecule has 2 rings (SSSR count). The monoisotopic (exact) mass is 272 g/mol. The third-order valence-electron chi connectivity index (χ3n) is 2.75. The molecule has 1 heterocycles. The van der Waals surface area contributed by atoms with E-state index in [2.05, 4.69) is 11.1 Å². The first kappa shape index (κ1) is 13.4. The van der Waals surface area contributed by atoms with E-state index in [9.17, 15) is 0 Å². The highest BCUT2D eigenvalue weighted by atomic mass is 35.5. The summed E-state index contributed by atoms with van der Waals surface area (Å²) in [5.41, 5.74) is 2.86. The Morgan fingerprint density at radius 3 is 2.74 bits per heavy atom. The Bertz CT molecular complexity index is 647. The standard InChI is InChI=1S/C15H13ClN2O/c1-10-7-15(13(8-17)11(2)18-10)19-9-12-5-3-4-6-14(12)16/h3-7H,9H2,1-2H3. The van der Waals surface area contributed by atoms with Gasteiger partial charge < -0.3 is 4.74 Å². The maximum absolute atomic E-state index is 9.15. The van der Waals surface area contributed by atoms with E-state index in [0.717, 1.165) is 11.3 Å². The van der Waals surface area contributed by atoms with Crippen LogP contribution < -0.4 is 4.74 Å². The lowest BCUT2D eigenvalue weighted by Gasteiger charge is -2.11. The van der Waals surface area contributed by atoms with Crippen molar-refractivity contribution in [2.24, 2.45) is 0 Å². The minimum absolute atomic E-state index is 0.331. The Kier molecular flexibility index (Phi) is 4.03. The number of hydrogen-bond acceptors (Lipinski definition) is 3. The van der Waals surface area contributed by atoms with Crippen molar-refractivity contribution in [3.05, 3.63) is 57.9 Å². The third-order valence-corrected chi connectivity index (χ3v) is 3.11. The second kappa shape index (κ2) is 5.73. The molecule has 0 unspecified atom stereocenters. The topological polar surface area (TPSA) is 45.9 Å². The van der Waals surface area contributed by atoms with Crippen LogP contribution in [0.1, 0.15) is 22.5 Å². The van der Waals surface area contributed by atoms with Gasteiger partial charge in [-0.2, -0.15) is 5.26 Å². The van der Waals surface area contributed by atoms with Crippen molar-refractivity contribution in [3.63, 3.8) is 0 Å². The van der Waals surface area contributed by atoms with Crippen molar-refractivity contribution in [2.45, 2.75) is 20.5 Å². The number of rotatable bonds is 3. The second-order valence-electron chi connectivity index (χ2n) is 4.21. The normalized spacial score (nSPS) is 10.0. The molecular weight excluding hydrogens is 260 g/mol. The van der Waals surface area contributed by atoms with Gasteiger partial charge in [-0.1, -0.05) is 29.8 Å². The fourth-order valence-corrected chi connectivity index (χ4v) is 2.00. The summed E-state index contributed by atoms with van der Waals surface area (Å²) < 4.78 is 5.71. The molecule has 0 N–H and O–H groups in total. The first-order valence-corrected chi connectivity index (χ1v) is 6.24. The molecule has 0 aliphatic heterocycles. The molecule has 0 amide bonds. The molecule has 1 aromatic heterocycles. The third kappa shape index (κ3) is 3.04. The second-order valence-corrected chi connectivity index (χ2v) is 4.62. The van der Waals surface area contributed by atoms with Crippen molar-refractivity contribution in [3.8, 4) is 11.8 Å². The van der Waals surface area contributed by atoms with Gasteiger partial charge in [-0.15, -0.1) is 0 Å². The summed E-state index contributed by atoms with van der Waals surface area (Å²) in [6.07, 6.45) is 0. The molecule has 0 fully saturated rings. The molecule has 4 heteroatoms. The van der Waals surface area contributed by atoms with E-state index in [4.69, 9.17) is 21.6 Å². The van der Waals surface area contributed by atoms with Crippen molar-refractivity contribution in [2.75, 3.05) is 0 Å². The maximum atomic E-state index is 9.15. The molecule has 0 bridgehead atoms. The van der Waals surface area contributed by atoms with Gasteiger partial charge >= 0.3 is 0 Å². The van der Waals surface area contributed by atoms with Crippen LogP contribution in [-0.4, -0.2) is 4.98 Å². The fourth-order valence-electron chi connectivity index (χ4n) is 1.81. The number of hydrogen-bond donors (Lipinski definition) is 0. The summed E-state index contributed by atoms with van der Waals surface area (Å²) in [5.74, 6) is 0.549. The van der Waals surface area contributed by atoms with Crippen LogP contribution in [0.3, 0.4) is 0 Å². The largest absolute Gasteiger partial charge is 0.487 e.